The molecule has 11 atom stereocenters. The summed E-state index contributed by atoms with van der Waals surface area (Å²) < 4.78 is 75.9. The maximum absolute atomic E-state index is 13.3. The molecule has 7 unspecified atom stereocenters. The smallest absolute Gasteiger partial charge is 0.462 e. The minimum Gasteiger partial charge on any atom is -0.462 e. The van der Waals surface area contributed by atoms with Crippen LogP contribution in [0, 0.1) is 0 Å². The van der Waals surface area contributed by atoms with Crippen LogP contribution < -0.4 is 5.73 Å². The number of esters is 4. The molecule has 0 saturated carbocycles. The number of phosphoric ester groups is 1. The highest BCUT2D eigenvalue weighted by molar-refractivity contribution is 8.45. The Kier molecular flexibility index (Phi) is 13.4. The van der Waals surface area contributed by atoms with Crippen molar-refractivity contribution >= 4 is 67.7 Å². The van der Waals surface area contributed by atoms with Crippen molar-refractivity contribution < 1.29 is 80.1 Å². The maximum Gasteiger partial charge on any atom is 0.482 e. The Balaban J connectivity index is 1.30. The molecule has 0 aromatic carbocycles. The molecule has 0 bridgehead atoms. The summed E-state index contributed by atoms with van der Waals surface area (Å²) in [6.45, 7) is -0.420. The van der Waals surface area contributed by atoms with Gasteiger partial charge in [0, 0.05) is 27.7 Å². The largest absolute Gasteiger partial charge is 0.482 e. The van der Waals surface area contributed by atoms with E-state index in [0.717, 1.165) is 47.2 Å². The SMILES string of the molecule is CC(=O)OC[C@H](OC(C)=O)C1OC(OP(=O)(O)OP(=O)(S)OC[C@@H]2C[C@@H](N3CCC3)[C@H](n3cnc4c(N)ncnc43)O2)C(OC(C)=O)C(O)C1OC(C)=O. The third-order valence-corrected chi connectivity index (χ3v) is 12.0. The zero-order valence-electron chi connectivity index (χ0n) is 29.3. The van der Waals surface area contributed by atoms with Gasteiger partial charge in [-0.05, 0) is 25.9 Å². The molecule has 54 heavy (non-hydrogen) atoms. The van der Waals surface area contributed by atoms with Gasteiger partial charge < -0.3 is 44.2 Å². The van der Waals surface area contributed by atoms with Crippen molar-refractivity contribution in [1.29, 1.82) is 0 Å². The standard InChI is InChI=1S/C28H40N6O17P2S/c1-13(35)43-10-19(45-14(2)36)22-23(46-15(3)37)21(39)24(47-16(4)38)28(49-22)50-52(40,41)51-53(42,54)44-9-17-8-18(33-6-5-7-33)27(48-17)34-12-32-20-25(29)30-11-31-26(20)34/h11-12,17-19,21-24,27-28,39H,5-10H2,1-4H3,(H,40,41)(H,42,54)(H2,29,30,31)/t17-,18+,19-,21?,22?,23?,24?,27+,28?,53?/m0/s1. The summed E-state index contributed by atoms with van der Waals surface area (Å²) in [5.41, 5.74) is 6.75. The lowest BCUT2D eigenvalue weighted by molar-refractivity contribution is -0.299. The van der Waals surface area contributed by atoms with Crippen molar-refractivity contribution in [3.8, 4) is 0 Å². The number of aliphatic hydroxyl groups excluding tert-OH is 1. The highest BCUT2D eigenvalue weighted by Crippen LogP contribution is 2.66. The van der Waals surface area contributed by atoms with Crippen LogP contribution in [-0.4, -0.2) is 134 Å². The van der Waals surface area contributed by atoms with E-state index in [1.54, 1.807) is 4.57 Å². The van der Waals surface area contributed by atoms with E-state index >= 15 is 0 Å². The predicted molar refractivity (Wildman–Crippen MR) is 181 cm³/mol. The summed E-state index contributed by atoms with van der Waals surface area (Å²) in [6.07, 6.45) is -8.72. The average Bonchev–Trinajstić information content (AvgIpc) is 3.64. The normalized spacial score (nSPS) is 30.0. The van der Waals surface area contributed by atoms with Gasteiger partial charge in [-0.1, -0.05) is 12.2 Å². The fourth-order valence-corrected chi connectivity index (χ4v) is 9.32. The number of nitrogens with zero attached hydrogens (tertiary/aromatic N) is 5. The second kappa shape index (κ2) is 17.2. The van der Waals surface area contributed by atoms with E-state index in [1.807, 2.05) is 0 Å². The average molecular weight is 827 g/mol. The van der Waals surface area contributed by atoms with Gasteiger partial charge in [0.2, 0.25) is 6.29 Å². The number of fused-ring (bicyclic) bond motifs is 1. The van der Waals surface area contributed by atoms with Gasteiger partial charge in [-0.3, -0.25) is 37.7 Å². The number of carbonyl (C=O) groups excluding carboxylic acids is 4. The van der Waals surface area contributed by atoms with Crippen LogP contribution in [0.4, 0.5) is 5.82 Å². The first-order chi connectivity index (χ1) is 25.3. The lowest BCUT2D eigenvalue weighted by Gasteiger charge is -2.44. The highest BCUT2D eigenvalue weighted by Gasteiger charge is 2.55. The van der Waals surface area contributed by atoms with Gasteiger partial charge in [-0.2, -0.15) is 4.31 Å². The van der Waals surface area contributed by atoms with Gasteiger partial charge in [-0.15, -0.1) is 0 Å². The Morgan fingerprint density at radius 1 is 1.02 bits per heavy atom. The first kappa shape index (κ1) is 41.9. The van der Waals surface area contributed by atoms with E-state index in [4.69, 9.17) is 47.5 Å². The maximum atomic E-state index is 13.3. The van der Waals surface area contributed by atoms with Crippen LogP contribution in [0.5, 0.6) is 0 Å². The van der Waals surface area contributed by atoms with Crippen LogP contribution >= 0.6 is 26.9 Å². The van der Waals surface area contributed by atoms with Crippen molar-refractivity contribution in [2.24, 2.45) is 0 Å². The summed E-state index contributed by atoms with van der Waals surface area (Å²) in [5.74, 6) is -3.59. The summed E-state index contributed by atoms with van der Waals surface area (Å²) in [4.78, 5) is 72.9. The molecule has 23 nitrogen and oxygen atoms in total. The molecule has 0 aliphatic carbocycles. The van der Waals surface area contributed by atoms with Gasteiger partial charge in [-0.25, -0.2) is 24.1 Å². The molecule has 2 aromatic heterocycles. The van der Waals surface area contributed by atoms with E-state index in [2.05, 4.69) is 32.1 Å². The van der Waals surface area contributed by atoms with Gasteiger partial charge in [0.15, 0.2) is 36.0 Å². The quantitative estimate of drug-likeness (QED) is 0.0818. The van der Waals surface area contributed by atoms with Crippen LogP contribution in [0.3, 0.4) is 0 Å². The molecule has 0 spiro atoms. The summed E-state index contributed by atoms with van der Waals surface area (Å²) >= 11 is 3.84. The molecule has 5 heterocycles. The summed E-state index contributed by atoms with van der Waals surface area (Å²) in [5, 5.41) is 11.2. The van der Waals surface area contributed by atoms with Crippen LogP contribution in [-0.2, 0) is 70.1 Å². The van der Waals surface area contributed by atoms with E-state index in [-0.39, 0.29) is 11.9 Å². The third kappa shape index (κ3) is 10.3. The Bertz CT molecular complexity index is 1820. The lowest BCUT2D eigenvalue weighted by Crippen LogP contribution is -2.64. The lowest BCUT2D eigenvalue weighted by atomic mass is 9.95. The third-order valence-electron chi connectivity index (χ3n) is 8.35. The van der Waals surface area contributed by atoms with Crippen molar-refractivity contribution in [3.63, 3.8) is 0 Å². The summed E-state index contributed by atoms with van der Waals surface area (Å²) in [7, 11) is -5.60. The van der Waals surface area contributed by atoms with Crippen molar-refractivity contribution in [2.45, 2.75) is 95.7 Å². The second-order valence-corrected chi connectivity index (χ2v) is 16.9. The number of thiol groups is 1. The molecule has 5 rings (SSSR count). The number of hydrogen-bond donors (Lipinski definition) is 4. The van der Waals surface area contributed by atoms with E-state index in [1.165, 1.54) is 12.7 Å². The van der Waals surface area contributed by atoms with E-state index in [9.17, 15) is 38.3 Å². The topological polar surface area (TPSA) is 299 Å². The van der Waals surface area contributed by atoms with Crippen LogP contribution in [0.2, 0.25) is 0 Å². The number of phosphoric acid groups is 1. The molecule has 0 amide bonds. The minimum atomic E-state index is -5.60. The molecule has 26 heteroatoms. The minimum absolute atomic E-state index is 0.180. The fraction of sp³-hybridized carbons (Fsp3) is 0.679. The Hall–Kier alpha value is -3.28. The van der Waals surface area contributed by atoms with Crippen molar-refractivity contribution in [2.75, 3.05) is 32.0 Å². The van der Waals surface area contributed by atoms with Crippen molar-refractivity contribution in [1.82, 2.24) is 24.4 Å². The number of aromatic nitrogens is 4. The molecule has 3 saturated heterocycles. The molecule has 2 aromatic rings. The molecule has 3 aliphatic heterocycles. The van der Waals surface area contributed by atoms with Crippen LogP contribution in [0.1, 0.15) is 46.8 Å². The van der Waals surface area contributed by atoms with Crippen molar-refractivity contribution in [3.05, 3.63) is 12.7 Å². The molecule has 4 N–H and O–H groups in total. The number of anilines is 1. The van der Waals surface area contributed by atoms with Crippen LogP contribution in [0.25, 0.3) is 11.2 Å². The first-order valence-electron chi connectivity index (χ1n) is 16.3. The molecule has 3 aliphatic rings. The number of ether oxygens (including phenoxy) is 6. The van der Waals surface area contributed by atoms with Gasteiger partial charge in [0.05, 0.1) is 25.1 Å². The number of nitrogen functional groups attached to an aromatic ring is 1. The predicted octanol–water partition coefficient (Wildman–Crippen LogP) is 0.402. The van der Waals surface area contributed by atoms with Gasteiger partial charge in [0.25, 0.3) is 0 Å². The first-order valence-corrected chi connectivity index (χ1v) is 20.5. The Morgan fingerprint density at radius 2 is 1.70 bits per heavy atom. The molecular formula is C28H40N6O17P2S. The van der Waals surface area contributed by atoms with Gasteiger partial charge in [0.1, 0.15) is 30.7 Å². The fourth-order valence-electron chi connectivity index (χ4n) is 6.12. The zero-order valence-corrected chi connectivity index (χ0v) is 31.9. The highest BCUT2D eigenvalue weighted by atomic mass is 32.7. The molecule has 0 radical (unpaired) electrons. The molecular weight excluding hydrogens is 786 g/mol. The number of imidazole rings is 1. The molecule has 300 valence electrons. The monoisotopic (exact) mass is 826 g/mol. The Labute approximate surface area is 312 Å². The van der Waals surface area contributed by atoms with E-state index in [0.29, 0.717) is 17.6 Å². The zero-order chi connectivity index (χ0) is 39.5. The van der Waals surface area contributed by atoms with E-state index < -0.39 is 101 Å². The number of aliphatic hydroxyl groups is 1. The summed E-state index contributed by atoms with van der Waals surface area (Å²) in [6, 6.07) is -0.193. The number of likely N-dealkylation sites (tertiary alicyclic amines) is 1. The number of nitrogens with two attached hydrogens (primary N) is 1. The number of carbonyl (C=O) groups is 4. The molecule has 3 fully saturated rings. The van der Waals surface area contributed by atoms with Gasteiger partial charge >= 0.3 is 38.5 Å². The number of hydrogen-bond acceptors (Lipinski definition) is 21. The van der Waals surface area contributed by atoms with Crippen LogP contribution in [0.15, 0.2) is 12.7 Å². The number of rotatable bonds is 15. The second-order valence-electron chi connectivity index (χ2n) is 12.4. The Morgan fingerprint density at radius 3 is 2.31 bits per heavy atom.